The molecule has 0 bridgehead atoms. The molecule has 1 fully saturated rings. The molecular weight excluding hydrogens is 278 g/mol. The lowest BCUT2D eigenvalue weighted by atomic mass is 10.2. The zero-order valence-electron chi connectivity index (χ0n) is 11.2. The highest BCUT2D eigenvalue weighted by atomic mass is 32.2. The SMILES string of the molecule is O=C(CCNC1CCS(=O)(=O)C1)NCc1cccnc1. The topological polar surface area (TPSA) is 88.2 Å². The van der Waals surface area contributed by atoms with Gasteiger partial charge in [-0.1, -0.05) is 6.07 Å². The molecule has 2 rings (SSSR count). The maximum atomic E-state index is 11.6. The second kappa shape index (κ2) is 6.81. The summed E-state index contributed by atoms with van der Waals surface area (Å²) in [7, 11) is -2.86. The van der Waals surface area contributed by atoms with Crippen LogP contribution in [0.5, 0.6) is 0 Å². The highest BCUT2D eigenvalue weighted by molar-refractivity contribution is 7.91. The summed E-state index contributed by atoms with van der Waals surface area (Å²) in [6.45, 7) is 0.962. The number of carbonyl (C=O) groups is 1. The first-order chi connectivity index (χ1) is 9.55. The van der Waals surface area contributed by atoms with Crippen molar-refractivity contribution < 1.29 is 13.2 Å². The van der Waals surface area contributed by atoms with Crippen molar-refractivity contribution in [2.24, 2.45) is 0 Å². The van der Waals surface area contributed by atoms with E-state index in [1.807, 2.05) is 12.1 Å². The van der Waals surface area contributed by atoms with Gasteiger partial charge in [0.25, 0.3) is 0 Å². The summed E-state index contributed by atoms with van der Waals surface area (Å²) >= 11 is 0. The van der Waals surface area contributed by atoms with Gasteiger partial charge >= 0.3 is 0 Å². The molecule has 2 heterocycles. The second-order valence-electron chi connectivity index (χ2n) is 4.94. The van der Waals surface area contributed by atoms with Gasteiger partial charge in [-0.15, -0.1) is 0 Å². The van der Waals surface area contributed by atoms with Crippen LogP contribution < -0.4 is 10.6 Å². The average Bonchev–Trinajstić information content (AvgIpc) is 2.77. The Morgan fingerprint density at radius 1 is 1.45 bits per heavy atom. The Morgan fingerprint density at radius 2 is 2.30 bits per heavy atom. The molecule has 1 aromatic rings. The first-order valence-corrected chi connectivity index (χ1v) is 8.47. The van der Waals surface area contributed by atoms with E-state index in [9.17, 15) is 13.2 Å². The van der Waals surface area contributed by atoms with E-state index in [0.717, 1.165) is 5.56 Å². The van der Waals surface area contributed by atoms with Crippen LogP contribution in [0, 0.1) is 0 Å². The third kappa shape index (κ3) is 4.90. The summed E-state index contributed by atoms with van der Waals surface area (Å²) in [4.78, 5) is 15.6. The molecule has 2 N–H and O–H groups in total. The Hall–Kier alpha value is -1.47. The number of hydrogen-bond donors (Lipinski definition) is 2. The molecule has 6 nitrogen and oxygen atoms in total. The number of nitrogens with one attached hydrogen (secondary N) is 2. The third-order valence-corrected chi connectivity index (χ3v) is 5.00. The summed E-state index contributed by atoms with van der Waals surface area (Å²) in [6, 6.07) is 3.71. The van der Waals surface area contributed by atoms with E-state index < -0.39 is 9.84 Å². The quantitative estimate of drug-likeness (QED) is 0.763. The van der Waals surface area contributed by atoms with Gasteiger partial charge in [0.1, 0.15) is 0 Å². The molecule has 1 unspecified atom stereocenters. The summed E-state index contributed by atoms with van der Waals surface area (Å²) < 4.78 is 22.5. The third-order valence-electron chi connectivity index (χ3n) is 3.23. The molecule has 1 saturated heterocycles. The second-order valence-corrected chi connectivity index (χ2v) is 7.17. The predicted octanol–water partition coefficient (Wildman–Crippen LogP) is -0.135. The Morgan fingerprint density at radius 3 is 2.95 bits per heavy atom. The monoisotopic (exact) mass is 297 g/mol. The molecule has 7 heteroatoms. The van der Waals surface area contributed by atoms with Crippen molar-refractivity contribution in [1.82, 2.24) is 15.6 Å². The van der Waals surface area contributed by atoms with E-state index in [1.165, 1.54) is 0 Å². The number of amides is 1. The fourth-order valence-corrected chi connectivity index (χ4v) is 3.85. The van der Waals surface area contributed by atoms with Gasteiger partial charge in [-0.05, 0) is 18.1 Å². The number of nitrogens with zero attached hydrogens (tertiary/aromatic N) is 1. The first-order valence-electron chi connectivity index (χ1n) is 6.64. The minimum absolute atomic E-state index is 0.00822. The molecule has 0 radical (unpaired) electrons. The zero-order valence-corrected chi connectivity index (χ0v) is 12.0. The van der Waals surface area contributed by atoms with Gasteiger partial charge in [0, 0.05) is 37.9 Å². The average molecular weight is 297 g/mol. The largest absolute Gasteiger partial charge is 0.352 e. The number of hydrogen-bond acceptors (Lipinski definition) is 5. The summed E-state index contributed by atoms with van der Waals surface area (Å²) in [5, 5.41) is 5.92. The smallest absolute Gasteiger partial charge is 0.221 e. The molecule has 0 aliphatic carbocycles. The zero-order chi connectivity index (χ0) is 14.4. The van der Waals surface area contributed by atoms with E-state index in [2.05, 4.69) is 15.6 Å². The number of sulfone groups is 1. The molecule has 1 atom stereocenters. The number of carbonyl (C=O) groups excluding carboxylic acids is 1. The minimum atomic E-state index is -2.86. The van der Waals surface area contributed by atoms with Crippen LogP contribution in [0.4, 0.5) is 0 Å². The van der Waals surface area contributed by atoms with E-state index in [4.69, 9.17) is 0 Å². The Balaban J connectivity index is 1.61. The summed E-state index contributed by atoms with van der Waals surface area (Å²) in [6.07, 6.45) is 4.38. The lowest BCUT2D eigenvalue weighted by Gasteiger charge is -2.10. The minimum Gasteiger partial charge on any atom is -0.352 e. The molecule has 0 aromatic carbocycles. The molecule has 1 aliphatic rings. The normalized spacial score (nSPS) is 20.7. The van der Waals surface area contributed by atoms with Crippen molar-refractivity contribution in [1.29, 1.82) is 0 Å². The molecule has 1 amide bonds. The maximum Gasteiger partial charge on any atom is 0.221 e. The summed E-state index contributed by atoms with van der Waals surface area (Å²) in [5.41, 5.74) is 0.954. The van der Waals surface area contributed by atoms with Gasteiger partial charge in [-0.25, -0.2) is 8.42 Å². The van der Waals surface area contributed by atoms with Gasteiger partial charge < -0.3 is 10.6 Å². The maximum absolute atomic E-state index is 11.6. The summed E-state index contributed by atoms with van der Waals surface area (Å²) in [5.74, 6) is 0.379. The van der Waals surface area contributed by atoms with Crippen LogP contribution in [0.25, 0.3) is 0 Å². The highest BCUT2D eigenvalue weighted by Crippen LogP contribution is 2.10. The van der Waals surface area contributed by atoms with Crippen molar-refractivity contribution in [2.75, 3.05) is 18.1 Å². The van der Waals surface area contributed by atoms with E-state index in [1.54, 1.807) is 12.4 Å². The molecular formula is C13H19N3O3S. The van der Waals surface area contributed by atoms with Crippen LogP contribution in [0.2, 0.25) is 0 Å². The highest BCUT2D eigenvalue weighted by Gasteiger charge is 2.27. The molecule has 0 spiro atoms. The number of aromatic nitrogens is 1. The van der Waals surface area contributed by atoms with Crippen molar-refractivity contribution in [3.63, 3.8) is 0 Å². The van der Waals surface area contributed by atoms with Crippen molar-refractivity contribution in [3.05, 3.63) is 30.1 Å². The number of pyridine rings is 1. The van der Waals surface area contributed by atoms with Gasteiger partial charge in [-0.2, -0.15) is 0 Å². The first kappa shape index (κ1) is 14.9. The fraction of sp³-hybridized carbons (Fsp3) is 0.538. The van der Waals surface area contributed by atoms with E-state index in [0.29, 0.717) is 25.9 Å². The van der Waals surface area contributed by atoms with E-state index >= 15 is 0 Å². The van der Waals surface area contributed by atoms with E-state index in [-0.39, 0.29) is 23.5 Å². The van der Waals surface area contributed by atoms with Crippen molar-refractivity contribution >= 4 is 15.7 Å². The molecule has 0 saturated carbocycles. The molecule has 1 aliphatic heterocycles. The lowest BCUT2D eigenvalue weighted by molar-refractivity contribution is -0.121. The standard InChI is InChI=1S/C13H19N3O3S/c17-13(16-9-11-2-1-5-14-8-11)3-6-15-12-4-7-20(18,19)10-12/h1-2,5,8,12,15H,3-4,6-7,9-10H2,(H,16,17). The van der Waals surface area contributed by atoms with Crippen LogP contribution >= 0.6 is 0 Å². The van der Waals surface area contributed by atoms with Gasteiger partial charge in [-0.3, -0.25) is 9.78 Å². The van der Waals surface area contributed by atoms with Gasteiger partial charge in [0.15, 0.2) is 9.84 Å². The molecule has 110 valence electrons. The molecule has 1 aromatic heterocycles. The Kier molecular flexibility index (Phi) is 5.08. The Labute approximate surface area is 118 Å². The van der Waals surface area contributed by atoms with Crippen LogP contribution in [-0.2, 0) is 21.2 Å². The van der Waals surface area contributed by atoms with Crippen LogP contribution in [0.15, 0.2) is 24.5 Å². The Bertz CT molecular complexity index is 545. The van der Waals surface area contributed by atoms with Crippen LogP contribution in [-0.4, -0.2) is 43.4 Å². The van der Waals surface area contributed by atoms with Gasteiger partial charge in [0.05, 0.1) is 11.5 Å². The fourth-order valence-electron chi connectivity index (χ4n) is 2.14. The molecule has 20 heavy (non-hydrogen) atoms. The lowest BCUT2D eigenvalue weighted by Crippen LogP contribution is -2.34. The van der Waals surface area contributed by atoms with Crippen molar-refractivity contribution in [3.8, 4) is 0 Å². The van der Waals surface area contributed by atoms with Crippen LogP contribution in [0.1, 0.15) is 18.4 Å². The number of rotatable bonds is 6. The predicted molar refractivity (Wildman–Crippen MR) is 75.8 cm³/mol. The van der Waals surface area contributed by atoms with Crippen molar-refractivity contribution in [2.45, 2.75) is 25.4 Å². The van der Waals surface area contributed by atoms with Crippen LogP contribution in [0.3, 0.4) is 0 Å². The van der Waals surface area contributed by atoms with Gasteiger partial charge in [0.2, 0.25) is 5.91 Å².